The molecular weight excluding hydrogens is 210 g/mol. The minimum Gasteiger partial charge on any atom is -0.330 e. The Morgan fingerprint density at radius 1 is 1.06 bits per heavy atom. The molecule has 0 amide bonds. The molecule has 0 aliphatic heterocycles. The van der Waals surface area contributed by atoms with E-state index in [1.165, 1.54) is 69.2 Å². The molecule has 2 unspecified atom stereocenters. The molecule has 0 radical (unpaired) electrons. The van der Waals surface area contributed by atoms with Gasteiger partial charge in [-0.1, -0.05) is 19.3 Å². The first kappa shape index (κ1) is 11.3. The van der Waals surface area contributed by atoms with Crippen LogP contribution in [0.25, 0.3) is 0 Å². The Morgan fingerprint density at radius 2 is 1.88 bits per heavy atom. The predicted molar refractivity (Wildman–Crippen MR) is 69.0 cm³/mol. The number of aromatic nitrogens is 2. The summed E-state index contributed by atoms with van der Waals surface area (Å²) in [7, 11) is 0. The summed E-state index contributed by atoms with van der Waals surface area (Å²) in [6.07, 6.45) is 13.5. The van der Waals surface area contributed by atoms with Crippen molar-refractivity contribution >= 4 is 0 Å². The highest BCUT2D eigenvalue weighted by Crippen LogP contribution is 2.30. The number of imidazole rings is 1. The van der Waals surface area contributed by atoms with Crippen LogP contribution in [0, 0.1) is 0 Å². The number of aryl methyl sites for hydroxylation is 1. The van der Waals surface area contributed by atoms with E-state index in [1.54, 1.807) is 0 Å². The van der Waals surface area contributed by atoms with Crippen molar-refractivity contribution in [3.8, 4) is 0 Å². The highest BCUT2D eigenvalue weighted by atomic mass is 15.1. The molecule has 1 saturated carbocycles. The van der Waals surface area contributed by atoms with Crippen LogP contribution in [0.4, 0.5) is 0 Å². The molecule has 3 nitrogen and oxygen atoms in total. The average Bonchev–Trinajstić information content (AvgIpc) is 2.66. The van der Waals surface area contributed by atoms with Gasteiger partial charge in [-0.3, -0.25) is 0 Å². The van der Waals surface area contributed by atoms with Crippen LogP contribution in [-0.2, 0) is 12.8 Å². The zero-order valence-electron chi connectivity index (χ0n) is 10.6. The van der Waals surface area contributed by atoms with Crippen molar-refractivity contribution in [1.29, 1.82) is 0 Å². The fraction of sp³-hybridized carbons (Fsp3) is 0.786. The molecule has 2 N–H and O–H groups in total. The Hall–Kier alpha value is -0.830. The highest BCUT2D eigenvalue weighted by molar-refractivity contribution is 5.17. The standard InChI is InChI=1S/C14H23N3/c15-11-6-2-1-3-8-13(11)17-10-16-12-7-4-5-9-14(12)17/h10-11,13H,1-9,15H2. The van der Waals surface area contributed by atoms with Gasteiger partial charge in [-0.2, -0.15) is 0 Å². The summed E-state index contributed by atoms with van der Waals surface area (Å²) < 4.78 is 2.42. The van der Waals surface area contributed by atoms with Gasteiger partial charge in [-0.05, 0) is 38.5 Å². The molecule has 0 aromatic carbocycles. The number of nitrogens with zero attached hydrogens (tertiary/aromatic N) is 2. The van der Waals surface area contributed by atoms with Gasteiger partial charge in [0.15, 0.2) is 0 Å². The third-order valence-electron chi connectivity index (χ3n) is 4.45. The van der Waals surface area contributed by atoms with Gasteiger partial charge in [-0.25, -0.2) is 4.98 Å². The van der Waals surface area contributed by atoms with Gasteiger partial charge in [0.2, 0.25) is 0 Å². The lowest BCUT2D eigenvalue weighted by atomic mass is 9.98. The Morgan fingerprint density at radius 3 is 2.82 bits per heavy atom. The van der Waals surface area contributed by atoms with E-state index in [4.69, 9.17) is 5.73 Å². The molecule has 1 aromatic rings. The number of hydrogen-bond acceptors (Lipinski definition) is 2. The zero-order chi connectivity index (χ0) is 11.7. The number of fused-ring (bicyclic) bond motifs is 1. The summed E-state index contributed by atoms with van der Waals surface area (Å²) in [5.41, 5.74) is 9.18. The summed E-state index contributed by atoms with van der Waals surface area (Å²) in [6, 6.07) is 0.838. The van der Waals surface area contributed by atoms with Gasteiger partial charge in [0.1, 0.15) is 0 Å². The molecule has 1 aromatic heterocycles. The van der Waals surface area contributed by atoms with E-state index in [9.17, 15) is 0 Å². The van der Waals surface area contributed by atoms with E-state index in [2.05, 4.69) is 15.9 Å². The number of rotatable bonds is 1. The SMILES string of the molecule is NC1CCCCCC1n1cnc2c1CCCC2. The van der Waals surface area contributed by atoms with E-state index in [0.29, 0.717) is 12.1 Å². The van der Waals surface area contributed by atoms with Crippen LogP contribution in [0.15, 0.2) is 6.33 Å². The Balaban J connectivity index is 1.89. The van der Waals surface area contributed by atoms with E-state index in [0.717, 1.165) is 0 Å². The van der Waals surface area contributed by atoms with Crippen molar-refractivity contribution < 1.29 is 0 Å². The van der Waals surface area contributed by atoms with E-state index in [-0.39, 0.29) is 0 Å². The van der Waals surface area contributed by atoms with Crippen molar-refractivity contribution in [2.24, 2.45) is 5.73 Å². The monoisotopic (exact) mass is 233 g/mol. The number of nitrogens with two attached hydrogens (primary N) is 1. The normalized spacial score (nSPS) is 29.7. The smallest absolute Gasteiger partial charge is 0.0954 e. The predicted octanol–water partition coefficient (Wildman–Crippen LogP) is 2.59. The molecule has 17 heavy (non-hydrogen) atoms. The van der Waals surface area contributed by atoms with Gasteiger partial charge >= 0.3 is 0 Å². The fourth-order valence-corrected chi connectivity index (χ4v) is 3.44. The van der Waals surface area contributed by atoms with Gasteiger partial charge in [-0.15, -0.1) is 0 Å². The maximum absolute atomic E-state index is 6.35. The molecule has 1 fully saturated rings. The van der Waals surface area contributed by atoms with Crippen molar-refractivity contribution in [2.75, 3.05) is 0 Å². The van der Waals surface area contributed by atoms with Crippen LogP contribution in [0.1, 0.15) is 62.4 Å². The largest absolute Gasteiger partial charge is 0.330 e. The summed E-state index contributed by atoms with van der Waals surface area (Å²) in [5.74, 6) is 0. The second-order valence-corrected chi connectivity index (χ2v) is 5.62. The van der Waals surface area contributed by atoms with Gasteiger partial charge < -0.3 is 10.3 Å². The Kier molecular flexibility index (Phi) is 3.19. The molecule has 0 spiro atoms. The van der Waals surface area contributed by atoms with Crippen LogP contribution in [0.2, 0.25) is 0 Å². The highest BCUT2D eigenvalue weighted by Gasteiger charge is 2.26. The molecule has 94 valence electrons. The van der Waals surface area contributed by atoms with Crippen LogP contribution in [0.3, 0.4) is 0 Å². The molecule has 3 rings (SSSR count). The lowest BCUT2D eigenvalue weighted by molar-refractivity contribution is 0.376. The van der Waals surface area contributed by atoms with Crippen molar-refractivity contribution in [3.05, 3.63) is 17.7 Å². The quantitative estimate of drug-likeness (QED) is 0.758. The minimum absolute atomic E-state index is 0.331. The molecule has 2 aliphatic carbocycles. The molecule has 2 atom stereocenters. The fourth-order valence-electron chi connectivity index (χ4n) is 3.44. The summed E-state index contributed by atoms with van der Waals surface area (Å²) in [4.78, 5) is 4.60. The van der Waals surface area contributed by atoms with E-state index < -0.39 is 0 Å². The Bertz CT molecular complexity index is 383. The molecular formula is C14H23N3. The summed E-state index contributed by atoms with van der Waals surface area (Å²) in [5, 5.41) is 0. The molecule has 0 bridgehead atoms. The van der Waals surface area contributed by atoms with Crippen LogP contribution >= 0.6 is 0 Å². The van der Waals surface area contributed by atoms with E-state index >= 15 is 0 Å². The topological polar surface area (TPSA) is 43.8 Å². The maximum Gasteiger partial charge on any atom is 0.0954 e. The van der Waals surface area contributed by atoms with Gasteiger partial charge in [0.25, 0.3) is 0 Å². The van der Waals surface area contributed by atoms with E-state index in [1.807, 2.05) is 0 Å². The summed E-state index contributed by atoms with van der Waals surface area (Å²) >= 11 is 0. The first-order chi connectivity index (χ1) is 8.36. The average molecular weight is 233 g/mol. The zero-order valence-corrected chi connectivity index (χ0v) is 10.6. The third-order valence-corrected chi connectivity index (χ3v) is 4.45. The van der Waals surface area contributed by atoms with Crippen molar-refractivity contribution in [2.45, 2.75) is 69.9 Å². The van der Waals surface area contributed by atoms with Crippen LogP contribution < -0.4 is 5.73 Å². The van der Waals surface area contributed by atoms with Crippen molar-refractivity contribution in [3.63, 3.8) is 0 Å². The second-order valence-electron chi connectivity index (χ2n) is 5.62. The van der Waals surface area contributed by atoms with Crippen LogP contribution in [0.5, 0.6) is 0 Å². The first-order valence-corrected chi connectivity index (χ1v) is 7.16. The lowest BCUT2D eigenvalue weighted by Crippen LogP contribution is -2.32. The van der Waals surface area contributed by atoms with Crippen molar-refractivity contribution in [1.82, 2.24) is 9.55 Å². The lowest BCUT2D eigenvalue weighted by Gasteiger charge is -2.26. The maximum atomic E-state index is 6.35. The third kappa shape index (κ3) is 2.13. The minimum atomic E-state index is 0.331. The second kappa shape index (κ2) is 4.81. The van der Waals surface area contributed by atoms with Gasteiger partial charge in [0.05, 0.1) is 12.0 Å². The molecule has 0 saturated heterocycles. The molecule has 2 aliphatic rings. The number of hydrogen-bond donors (Lipinski definition) is 1. The van der Waals surface area contributed by atoms with Gasteiger partial charge in [0, 0.05) is 17.8 Å². The Labute approximate surface area is 103 Å². The molecule has 1 heterocycles. The molecule has 3 heteroatoms. The summed E-state index contributed by atoms with van der Waals surface area (Å²) in [6.45, 7) is 0. The first-order valence-electron chi connectivity index (χ1n) is 7.16. The van der Waals surface area contributed by atoms with Crippen LogP contribution in [-0.4, -0.2) is 15.6 Å².